The van der Waals surface area contributed by atoms with E-state index in [-0.39, 0.29) is 41.7 Å². The van der Waals surface area contributed by atoms with Crippen LogP contribution in [0.15, 0.2) is 23.2 Å². The third-order valence-corrected chi connectivity index (χ3v) is 5.11. The second-order valence-electron chi connectivity index (χ2n) is 7.62. The van der Waals surface area contributed by atoms with Crippen molar-refractivity contribution in [1.29, 1.82) is 0 Å². The molecule has 7 nitrogen and oxygen atoms in total. The lowest BCUT2D eigenvalue weighted by Crippen LogP contribution is -2.44. The fourth-order valence-corrected chi connectivity index (χ4v) is 3.62. The quantitative estimate of drug-likeness (QED) is 0.213. The highest BCUT2D eigenvalue weighted by Gasteiger charge is 2.30. The van der Waals surface area contributed by atoms with Crippen molar-refractivity contribution in [3.05, 3.63) is 29.3 Å². The number of aryl methyl sites for hydroxylation is 1. The number of hydrogen-bond acceptors (Lipinski definition) is 4. The molecule has 2 rings (SSSR count). The second kappa shape index (κ2) is 13.7. The van der Waals surface area contributed by atoms with Gasteiger partial charge in [-0.25, -0.2) is 0 Å². The molecule has 2 N–H and O–H groups in total. The Balaban J connectivity index is 0.00000480. The summed E-state index contributed by atoms with van der Waals surface area (Å²) in [6.07, 6.45) is 2.82. The van der Waals surface area contributed by atoms with Gasteiger partial charge in [-0.15, -0.1) is 24.0 Å². The van der Waals surface area contributed by atoms with Gasteiger partial charge < -0.3 is 20.3 Å². The lowest BCUT2D eigenvalue weighted by molar-refractivity contribution is -0.133. The lowest BCUT2D eigenvalue weighted by Gasteiger charge is -2.26. The van der Waals surface area contributed by atoms with Crippen LogP contribution in [0.1, 0.15) is 30.4 Å². The molecule has 1 atom stereocenters. The SMILES string of the molecule is CN=C(NCCCN1CCCC1C(=O)N(C)C)NCc1cc(C)ccc1OC(F)F.I. The Bertz CT molecular complexity index is 734. The zero-order valence-electron chi connectivity index (χ0n) is 18.7. The maximum atomic E-state index is 12.6. The highest BCUT2D eigenvalue weighted by Crippen LogP contribution is 2.22. The smallest absolute Gasteiger partial charge is 0.387 e. The van der Waals surface area contributed by atoms with Crippen LogP contribution in [0.4, 0.5) is 8.78 Å². The topological polar surface area (TPSA) is 69.2 Å². The van der Waals surface area contributed by atoms with E-state index in [1.54, 1.807) is 38.2 Å². The number of amides is 1. The molecule has 1 amide bonds. The number of hydrogen-bond donors (Lipinski definition) is 2. The summed E-state index contributed by atoms with van der Waals surface area (Å²) in [6, 6.07) is 5.08. The summed E-state index contributed by atoms with van der Waals surface area (Å²) in [6.45, 7) is 1.81. The number of carbonyl (C=O) groups excluding carboxylic acids is 1. The van der Waals surface area contributed by atoms with E-state index in [1.165, 1.54) is 0 Å². The van der Waals surface area contributed by atoms with Crippen LogP contribution in [0.3, 0.4) is 0 Å². The fraction of sp³-hybridized carbons (Fsp3) is 0.619. The molecule has 1 aromatic rings. The Kier molecular flexibility index (Phi) is 12.1. The molecule has 1 unspecified atom stereocenters. The zero-order valence-corrected chi connectivity index (χ0v) is 21.0. The van der Waals surface area contributed by atoms with Gasteiger partial charge in [0.15, 0.2) is 5.96 Å². The molecule has 0 aliphatic carbocycles. The van der Waals surface area contributed by atoms with Gasteiger partial charge in [-0.05, 0) is 38.8 Å². The van der Waals surface area contributed by atoms with E-state index in [0.29, 0.717) is 24.6 Å². The molecule has 0 spiro atoms. The van der Waals surface area contributed by atoms with E-state index in [0.717, 1.165) is 37.9 Å². The molecule has 0 bridgehead atoms. The molecule has 0 saturated carbocycles. The van der Waals surface area contributed by atoms with E-state index in [1.807, 2.05) is 13.0 Å². The number of halogens is 3. The van der Waals surface area contributed by atoms with Gasteiger partial charge in [0.25, 0.3) is 0 Å². The van der Waals surface area contributed by atoms with Crippen LogP contribution < -0.4 is 15.4 Å². The Hall–Kier alpha value is -1.69. The Morgan fingerprint density at radius 3 is 2.74 bits per heavy atom. The van der Waals surface area contributed by atoms with Crippen molar-refractivity contribution >= 4 is 35.8 Å². The molecule has 176 valence electrons. The van der Waals surface area contributed by atoms with Gasteiger partial charge in [-0.3, -0.25) is 14.7 Å². The molecule has 10 heteroatoms. The predicted molar refractivity (Wildman–Crippen MR) is 129 cm³/mol. The molecule has 1 saturated heterocycles. The number of alkyl halides is 2. The second-order valence-corrected chi connectivity index (χ2v) is 7.62. The molecule has 1 aromatic carbocycles. The number of carbonyl (C=O) groups is 1. The van der Waals surface area contributed by atoms with Crippen LogP contribution in [0.2, 0.25) is 0 Å². The van der Waals surface area contributed by atoms with E-state index < -0.39 is 6.61 Å². The Morgan fingerprint density at radius 2 is 2.10 bits per heavy atom. The van der Waals surface area contributed by atoms with Gasteiger partial charge in [-0.1, -0.05) is 17.7 Å². The number of likely N-dealkylation sites (N-methyl/N-ethyl adjacent to an activating group) is 1. The molecule has 1 heterocycles. The summed E-state index contributed by atoms with van der Waals surface area (Å²) in [7, 11) is 5.25. The van der Waals surface area contributed by atoms with Crippen molar-refractivity contribution in [2.45, 2.75) is 45.4 Å². The molecular weight excluding hydrogens is 519 g/mol. The standard InChI is InChI=1S/C21H33F2N5O2.HI/c1-15-8-9-18(30-20(22)23)16(13-15)14-26-21(24-2)25-10-6-12-28-11-5-7-17(28)19(29)27(3)4;/h8-9,13,17,20H,5-7,10-12,14H2,1-4H3,(H2,24,25,26);1H. The van der Waals surface area contributed by atoms with E-state index >= 15 is 0 Å². The van der Waals surface area contributed by atoms with Gasteiger partial charge in [0.05, 0.1) is 6.04 Å². The van der Waals surface area contributed by atoms with Crippen LogP contribution in [-0.4, -0.2) is 75.1 Å². The van der Waals surface area contributed by atoms with Gasteiger partial charge in [0.2, 0.25) is 5.91 Å². The summed E-state index contributed by atoms with van der Waals surface area (Å²) in [5, 5.41) is 6.37. The number of rotatable bonds is 9. The van der Waals surface area contributed by atoms with Crippen LogP contribution in [0, 0.1) is 6.92 Å². The van der Waals surface area contributed by atoms with Crippen molar-refractivity contribution in [3.63, 3.8) is 0 Å². The molecule has 31 heavy (non-hydrogen) atoms. The van der Waals surface area contributed by atoms with Crippen molar-refractivity contribution < 1.29 is 18.3 Å². The van der Waals surface area contributed by atoms with Crippen molar-refractivity contribution in [3.8, 4) is 5.75 Å². The zero-order chi connectivity index (χ0) is 22.1. The largest absolute Gasteiger partial charge is 0.434 e. The predicted octanol–water partition coefficient (Wildman–Crippen LogP) is 2.82. The minimum absolute atomic E-state index is 0. The maximum Gasteiger partial charge on any atom is 0.387 e. The van der Waals surface area contributed by atoms with Crippen molar-refractivity contribution in [1.82, 2.24) is 20.4 Å². The van der Waals surface area contributed by atoms with Crippen LogP contribution >= 0.6 is 24.0 Å². The van der Waals surface area contributed by atoms with Crippen LogP contribution in [0.5, 0.6) is 5.75 Å². The summed E-state index contributed by atoms with van der Waals surface area (Å²) < 4.78 is 29.8. The highest BCUT2D eigenvalue weighted by molar-refractivity contribution is 14.0. The molecule has 1 aliphatic heterocycles. The first-order chi connectivity index (χ1) is 14.3. The Labute approximate surface area is 200 Å². The molecule has 0 aromatic heterocycles. The molecule has 1 aliphatic rings. The van der Waals surface area contributed by atoms with Gasteiger partial charge >= 0.3 is 6.61 Å². The number of likely N-dealkylation sites (tertiary alicyclic amines) is 1. The average molecular weight is 553 g/mol. The van der Waals surface area contributed by atoms with E-state index in [2.05, 4.69) is 25.3 Å². The number of nitrogens with one attached hydrogen (secondary N) is 2. The first-order valence-electron chi connectivity index (χ1n) is 10.3. The van der Waals surface area contributed by atoms with E-state index in [9.17, 15) is 13.6 Å². The van der Waals surface area contributed by atoms with Crippen molar-refractivity contribution in [2.24, 2.45) is 4.99 Å². The lowest BCUT2D eigenvalue weighted by atomic mass is 10.1. The number of nitrogens with zero attached hydrogens (tertiary/aromatic N) is 3. The van der Waals surface area contributed by atoms with Crippen LogP contribution in [-0.2, 0) is 11.3 Å². The molecule has 0 radical (unpaired) electrons. The van der Waals surface area contributed by atoms with E-state index in [4.69, 9.17) is 0 Å². The summed E-state index contributed by atoms with van der Waals surface area (Å²) >= 11 is 0. The minimum atomic E-state index is -2.86. The molecule has 1 fully saturated rings. The number of benzene rings is 1. The van der Waals surface area contributed by atoms with Gasteiger partial charge in [0.1, 0.15) is 5.75 Å². The molecular formula is C21H34F2IN5O2. The van der Waals surface area contributed by atoms with Crippen LogP contribution in [0.25, 0.3) is 0 Å². The van der Waals surface area contributed by atoms with Crippen molar-refractivity contribution in [2.75, 3.05) is 40.8 Å². The van der Waals surface area contributed by atoms with Gasteiger partial charge in [0, 0.05) is 46.3 Å². The first kappa shape index (κ1) is 27.3. The average Bonchev–Trinajstić information content (AvgIpc) is 3.16. The normalized spacial score (nSPS) is 16.7. The van der Waals surface area contributed by atoms with Gasteiger partial charge in [-0.2, -0.15) is 8.78 Å². The highest BCUT2D eigenvalue weighted by atomic mass is 127. The third-order valence-electron chi connectivity index (χ3n) is 5.11. The maximum absolute atomic E-state index is 12.6. The first-order valence-corrected chi connectivity index (χ1v) is 10.3. The fourth-order valence-electron chi connectivity index (χ4n) is 3.62. The number of ether oxygens (including phenoxy) is 1. The Morgan fingerprint density at radius 1 is 1.35 bits per heavy atom. The summed E-state index contributed by atoms with van der Waals surface area (Å²) in [5.74, 6) is 0.906. The minimum Gasteiger partial charge on any atom is -0.434 e. The summed E-state index contributed by atoms with van der Waals surface area (Å²) in [4.78, 5) is 20.3. The summed E-state index contributed by atoms with van der Waals surface area (Å²) in [5.41, 5.74) is 1.60. The number of aliphatic imine (C=N–C) groups is 1. The third kappa shape index (κ3) is 8.76. The monoisotopic (exact) mass is 553 g/mol. The number of guanidine groups is 1.